The highest BCUT2D eigenvalue weighted by atomic mass is 16.2. The van der Waals surface area contributed by atoms with Crippen molar-refractivity contribution in [3.8, 4) is 0 Å². The minimum absolute atomic E-state index is 0.0388. The van der Waals surface area contributed by atoms with Gasteiger partial charge < -0.3 is 15.6 Å². The first-order valence-corrected chi connectivity index (χ1v) is 5.91. The van der Waals surface area contributed by atoms with Crippen LogP contribution in [0.1, 0.15) is 21.7 Å². The van der Waals surface area contributed by atoms with Crippen LogP contribution >= 0.6 is 0 Å². The van der Waals surface area contributed by atoms with Crippen molar-refractivity contribution >= 4 is 17.5 Å². The van der Waals surface area contributed by atoms with E-state index >= 15 is 0 Å². The molecule has 1 aliphatic heterocycles. The van der Waals surface area contributed by atoms with Gasteiger partial charge in [-0.05, 0) is 17.7 Å². The third-order valence-corrected chi connectivity index (χ3v) is 2.97. The van der Waals surface area contributed by atoms with Crippen LogP contribution in [-0.4, -0.2) is 21.8 Å². The molecule has 1 aromatic carbocycles. The number of H-pyrrole nitrogens is 1. The maximum atomic E-state index is 12.0. The molecule has 2 amide bonds. The molecule has 0 bridgehead atoms. The minimum atomic E-state index is -0.194. The second-order valence-corrected chi connectivity index (χ2v) is 4.32. The van der Waals surface area contributed by atoms with E-state index in [-0.39, 0.29) is 11.8 Å². The third-order valence-electron chi connectivity index (χ3n) is 2.97. The number of imidazole rings is 1. The Balaban J connectivity index is 1.70. The number of aromatic nitrogens is 2. The first kappa shape index (κ1) is 11.5. The molecular weight excluding hydrogens is 244 g/mol. The predicted molar refractivity (Wildman–Crippen MR) is 68.5 cm³/mol. The molecule has 0 atom stereocenters. The third kappa shape index (κ3) is 2.33. The molecule has 0 aliphatic carbocycles. The van der Waals surface area contributed by atoms with Crippen LogP contribution in [0.4, 0.5) is 5.69 Å². The minimum Gasteiger partial charge on any atom is -0.347 e. The molecule has 0 radical (unpaired) electrons. The maximum absolute atomic E-state index is 12.0. The van der Waals surface area contributed by atoms with E-state index in [0.717, 1.165) is 11.3 Å². The number of hydrogen-bond donors (Lipinski definition) is 3. The lowest BCUT2D eigenvalue weighted by Crippen LogP contribution is -2.23. The van der Waals surface area contributed by atoms with Crippen LogP contribution in [0, 0.1) is 0 Å². The van der Waals surface area contributed by atoms with E-state index in [2.05, 4.69) is 20.6 Å². The van der Waals surface area contributed by atoms with E-state index in [9.17, 15) is 9.59 Å². The summed E-state index contributed by atoms with van der Waals surface area (Å²) < 4.78 is 0. The number of carbonyl (C=O) groups excluding carboxylic acids is 2. The fraction of sp³-hybridized carbons (Fsp3) is 0.154. The molecule has 1 aliphatic rings. The van der Waals surface area contributed by atoms with Crippen LogP contribution in [-0.2, 0) is 17.8 Å². The molecule has 0 saturated carbocycles. The lowest BCUT2D eigenvalue weighted by molar-refractivity contribution is -0.115. The van der Waals surface area contributed by atoms with Gasteiger partial charge in [-0.3, -0.25) is 9.59 Å². The number of amides is 2. The molecule has 3 rings (SSSR count). The average molecular weight is 256 g/mol. The van der Waals surface area contributed by atoms with Crippen LogP contribution in [0.15, 0.2) is 30.6 Å². The number of fused-ring (bicyclic) bond motifs is 1. The summed E-state index contributed by atoms with van der Waals surface area (Å²) in [5, 5.41) is 5.48. The van der Waals surface area contributed by atoms with Crippen molar-refractivity contribution in [2.45, 2.75) is 13.0 Å². The van der Waals surface area contributed by atoms with Gasteiger partial charge in [0.25, 0.3) is 5.91 Å². The van der Waals surface area contributed by atoms with Gasteiger partial charge in [0.15, 0.2) is 0 Å². The summed E-state index contributed by atoms with van der Waals surface area (Å²) in [6.07, 6.45) is 3.71. The highest BCUT2D eigenvalue weighted by Crippen LogP contribution is 2.23. The van der Waals surface area contributed by atoms with Crippen LogP contribution in [0.3, 0.4) is 0 Å². The molecule has 96 valence electrons. The van der Waals surface area contributed by atoms with E-state index in [0.29, 0.717) is 24.4 Å². The van der Waals surface area contributed by atoms with E-state index in [1.54, 1.807) is 30.6 Å². The SMILES string of the molecule is O=C1Cc2ccc(C(=O)NCc3ncc[nH]3)cc2N1. The smallest absolute Gasteiger partial charge is 0.251 e. The summed E-state index contributed by atoms with van der Waals surface area (Å²) in [4.78, 5) is 30.1. The Morgan fingerprint density at radius 2 is 2.32 bits per heavy atom. The first-order valence-electron chi connectivity index (χ1n) is 5.91. The Kier molecular flexibility index (Phi) is 2.75. The average Bonchev–Trinajstić information content (AvgIpc) is 3.02. The van der Waals surface area contributed by atoms with E-state index in [1.165, 1.54) is 0 Å². The van der Waals surface area contributed by atoms with Crippen molar-refractivity contribution < 1.29 is 9.59 Å². The zero-order chi connectivity index (χ0) is 13.2. The number of aromatic amines is 1. The van der Waals surface area contributed by atoms with Crippen LogP contribution in [0.25, 0.3) is 0 Å². The molecule has 0 unspecified atom stereocenters. The van der Waals surface area contributed by atoms with Gasteiger partial charge in [0, 0.05) is 23.6 Å². The number of benzene rings is 1. The number of nitrogens with zero attached hydrogens (tertiary/aromatic N) is 1. The molecule has 2 heterocycles. The van der Waals surface area contributed by atoms with Crippen molar-refractivity contribution in [3.05, 3.63) is 47.5 Å². The predicted octanol–water partition coefficient (Wildman–Crippen LogP) is 0.834. The Bertz CT molecular complexity index is 634. The molecule has 2 aromatic rings. The summed E-state index contributed by atoms with van der Waals surface area (Å²) in [6, 6.07) is 5.21. The quantitative estimate of drug-likeness (QED) is 0.760. The summed E-state index contributed by atoms with van der Waals surface area (Å²) >= 11 is 0. The lowest BCUT2D eigenvalue weighted by atomic mass is 10.1. The molecule has 19 heavy (non-hydrogen) atoms. The Morgan fingerprint density at radius 1 is 1.42 bits per heavy atom. The van der Waals surface area contributed by atoms with Gasteiger partial charge in [0.05, 0.1) is 13.0 Å². The van der Waals surface area contributed by atoms with Crippen LogP contribution in [0.5, 0.6) is 0 Å². The molecule has 3 N–H and O–H groups in total. The van der Waals surface area contributed by atoms with Gasteiger partial charge in [0.1, 0.15) is 5.82 Å². The number of carbonyl (C=O) groups is 2. The molecule has 0 fully saturated rings. The van der Waals surface area contributed by atoms with Crippen molar-refractivity contribution in [2.24, 2.45) is 0 Å². The van der Waals surface area contributed by atoms with Crippen molar-refractivity contribution in [1.29, 1.82) is 0 Å². The van der Waals surface area contributed by atoms with E-state index < -0.39 is 0 Å². The normalized spacial score (nSPS) is 12.9. The maximum Gasteiger partial charge on any atom is 0.251 e. The van der Waals surface area contributed by atoms with Gasteiger partial charge in [-0.15, -0.1) is 0 Å². The first-order chi connectivity index (χ1) is 9.22. The van der Waals surface area contributed by atoms with E-state index in [1.807, 2.05) is 0 Å². The highest BCUT2D eigenvalue weighted by Gasteiger charge is 2.18. The summed E-state index contributed by atoms with van der Waals surface area (Å²) in [6.45, 7) is 0.343. The fourth-order valence-electron chi connectivity index (χ4n) is 2.02. The Morgan fingerprint density at radius 3 is 3.11 bits per heavy atom. The number of anilines is 1. The second kappa shape index (κ2) is 4.56. The van der Waals surface area contributed by atoms with Gasteiger partial charge in [-0.2, -0.15) is 0 Å². The molecule has 6 heteroatoms. The zero-order valence-corrected chi connectivity index (χ0v) is 10.1. The van der Waals surface area contributed by atoms with Gasteiger partial charge in [-0.25, -0.2) is 4.98 Å². The van der Waals surface area contributed by atoms with Crippen molar-refractivity contribution in [1.82, 2.24) is 15.3 Å². The molecule has 0 spiro atoms. The van der Waals surface area contributed by atoms with Crippen molar-refractivity contribution in [2.75, 3.05) is 5.32 Å². The molecule has 6 nitrogen and oxygen atoms in total. The second-order valence-electron chi connectivity index (χ2n) is 4.32. The van der Waals surface area contributed by atoms with Gasteiger partial charge in [-0.1, -0.05) is 6.07 Å². The fourth-order valence-corrected chi connectivity index (χ4v) is 2.02. The largest absolute Gasteiger partial charge is 0.347 e. The number of hydrogen-bond acceptors (Lipinski definition) is 3. The summed E-state index contributed by atoms with van der Waals surface area (Å²) in [5.74, 6) is 0.464. The molecular formula is C13H12N4O2. The van der Waals surface area contributed by atoms with E-state index in [4.69, 9.17) is 0 Å². The monoisotopic (exact) mass is 256 g/mol. The standard InChI is InChI=1S/C13H12N4O2/c18-12-6-8-1-2-9(5-10(8)17-12)13(19)16-7-11-14-3-4-15-11/h1-5H,6-7H2,(H,14,15)(H,16,19)(H,17,18). The summed E-state index contributed by atoms with van der Waals surface area (Å²) in [5.41, 5.74) is 2.16. The Hall–Kier alpha value is -2.63. The zero-order valence-electron chi connectivity index (χ0n) is 10.1. The number of rotatable bonds is 3. The van der Waals surface area contributed by atoms with Gasteiger partial charge >= 0.3 is 0 Å². The molecule has 1 aromatic heterocycles. The lowest BCUT2D eigenvalue weighted by Gasteiger charge is -2.05. The summed E-state index contributed by atoms with van der Waals surface area (Å²) in [7, 11) is 0. The highest BCUT2D eigenvalue weighted by molar-refractivity contribution is 6.02. The molecule has 0 saturated heterocycles. The number of nitrogens with one attached hydrogen (secondary N) is 3. The van der Waals surface area contributed by atoms with Crippen LogP contribution < -0.4 is 10.6 Å². The van der Waals surface area contributed by atoms with Gasteiger partial charge in [0.2, 0.25) is 5.91 Å². The topological polar surface area (TPSA) is 86.9 Å². The Labute approximate surface area is 109 Å². The van der Waals surface area contributed by atoms with Crippen LogP contribution in [0.2, 0.25) is 0 Å². The van der Waals surface area contributed by atoms with Crippen molar-refractivity contribution in [3.63, 3.8) is 0 Å².